The highest BCUT2D eigenvalue weighted by Crippen LogP contribution is 2.53. The van der Waals surface area contributed by atoms with Crippen LogP contribution in [0.15, 0.2) is 12.7 Å². The highest BCUT2D eigenvalue weighted by atomic mass is 16.6. The largest absolute Gasteiger partial charge is 0.461 e. The summed E-state index contributed by atoms with van der Waals surface area (Å²) in [6, 6.07) is -2.09. The molecule has 4 unspecified atom stereocenters. The third-order valence-electron chi connectivity index (χ3n) is 17.9. The van der Waals surface area contributed by atoms with Gasteiger partial charge in [-0.1, -0.05) is 57.4 Å². The first kappa shape index (κ1) is 70.2. The lowest BCUT2D eigenvalue weighted by molar-refractivity contribution is -0.144. The zero-order chi connectivity index (χ0) is 62.4. The standard InChI is InChI=1S/C62H104N10O13/c1-11-31-82-54(76)37-48(55(63)77)67-53(75)27-29-64-57(79)84-40-49(56(78)69-60(7,8)28-33-85-59(4,5)6)68-62(10,13-3)52(74)38-66-61(9,12-2)51(73)20-15-14-16-32-81-34-30-65-58(80)83-39-46-44-23-25-47-50(26-24-45(44)46)72(71-70-47)43-22-21-42(36-43)35-41-18-17-19-41/h11,41-46,48-49,66,68H,1,12-40H2,2-10H3,(H2,63,77)(H,64,79)(H,65,80)(H,67,75)(H,69,78)/t42-,43?,44-,45+,46-,48?,49+,61?,62?/m1/s1. The van der Waals surface area contributed by atoms with Gasteiger partial charge in [-0.2, -0.15) is 0 Å². The maximum Gasteiger partial charge on any atom is 0.407 e. The zero-order valence-electron chi connectivity index (χ0n) is 52.6. The predicted molar refractivity (Wildman–Crippen MR) is 320 cm³/mol. The lowest BCUT2D eigenvalue weighted by Gasteiger charge is -2.36. The average Bonchev–Trinajstić information content (AvgIpc) is 2.56. The van der Waals surface area contributed by atoms with Gasteiger partial charge in [-0.25, -0.2) is 14.3 Å². The second kappa shape index (κ2) is 33.6. The molecule has 5 amide bonds. The summed E-state index contributed by atoms with van der Waals surface area (Å²) >= 11 is 0. The minimum Gasteiger partial charge on any atom is -0.461 e. The molecule has 3 fully saturated rings. The van der Waals surface area contributed by atoms with Gasteiger partial charge in [0.15, 0.2) is 11.6 Å². The number of ketones is 2. The van der Waals surface area contributed by atoms with E-state index in [9.17, 15) is 38.4 Å². The number of ether oxygens (including phenoxy) is 5. The maximum absolute atomic E-state index is 14.2. The molecule has 0 aliphatic heterocycles. The van der Waals surface area contributed by atoms with Crippen LogP contribution in [0.1, 0.15) is 195 Å². The molecule has 0 aromatic carbocycles. The van der Waals surface area contributed by atoms with E-state index < -0.39 is 83.2 Å². The van der Waals surface area contributed by atoms with Gasteiger partial charge in [0.05, 0.1) is 60.3 Å². The Bertz CT molecular complexity index is 2390. The number of hydrogen-bond acceptors (Lipinski definition) is 17. The summed E-state index contributed by atoms with van der Waals surface area (Å²) in [6.07, 6.45) is 16.1. The van der Waals surface area contributed by atoms with Crippen molar-refractivity contribution in [3.05, 3.63) is 24.0 Å². The molecular weight excluding hydrogens is 1090 g/mol. The van der Waals surface area contributed by atoms with Gasteiger partial charge in [0.2, 0.25) is 17.7 Å². The Morgan fingerprint density at radius 1 is 0.765 bits per heavy atom. The summed E-state index contributed by atoms with van der Waals surface area (Å²) in [4.78, 5) is 104. The number of esters is 1. The number of Topliss-reactive ketones (excluding diaryl/α,β-unsaturated/α-hetero) is 2. The van der Waals surface area contributed by atoms with E-state index in [1.165, 1.54) is 62.4 Å². The molecule has 23 heteroatoms. The van der Waals surface area contributed by atoms with Gasteiger partial charge in [0.1, 0.15) is 25.3 Å². The monoisotopic (exact) mass is 1200 g/mol. The maximum atomic E-state index is 14.2. The van der Waals surface area contributed by atoms with E-state index >= 15 is 0 Å². The Morgan fingerprint density at radius 3 is 2.14 bits per heavy atom. The summed E-state index contributed by atoms with van der Waals surface area (Å²) in [6.45, 7) is 20.9. The molecule has 4 aliphatic rings. The van der Waals surface area contributed by atoms with Crippen molar-refractivity contribution < 1.29 is 62.0 Å². The van der Waals surface area contributed by atoms with Crippen LogP contribution in [0.25, 0.3) is 0 Å². The van der Waals surface area contributed by atoms with E-state index in [-0.39, 0.29) is 50.5 Å². The minimum absolute atomic E-state index is 0.0393. The molecule has 1 aromatic heterocycles. The topological polar surface area (TPSA) is 312 Å². The van der Waals surface area contributed by atoms with Gasteiger partial charge in [-0.05, 0) is 162 Å². The molecule has 0 bridgehead atoms. The number of carbonyl (C=O) groups is 8. The molecular formula is C62H104N10O13. The van der Waals surface area contributed by atoms with Crippen molar-refractivity contribution in [1.29, 1.82) is 0 Å². The molecule has 23 nitrogen and oxygen atoms in total. The SMILES string of the molecule is C=CCOC(=O)CC(NC(=O)CCNC(=O)OC[C@H](NC(C)(CC)C(=O)CNC(C)(CC)C(=O)CCCCCOCCNC(=O)OC[C@@H]1[C@@H]2CCc3nnn(C4CC[C@H](CC5CCC5)C4)c3CC[C@@H]21)C(=O)NC(C)(C)CCOC(C)(C)C)C(N)=O. The van der Waals surface area contributed by atoms with E-state index in [1.54, 1.807) is 20.8 Å². The van der Waals surface area contributed by atoms with E-state index in [0.29, 0.717) is 76.0 Å². The van der Waals surface area contributed by atoms with Crippen molar-refractivity contribution in [2.24, 2.45) is 35.3 Å². The van der Waals surface area contributed by atoms with E-state index in [2.05, 4.69) is 53.5 Å². The number of amides is 5. The number of fused-ring (bicyclic) bond motifs is 2. The lowest BCUT2D eigenvalue weighted by atomic mass is 9.78. The van der Waals surface area contributed by atoms with Crippen molar-refractivity contribution in [1.82, 2.24) is 46.9 Å². The smallest absolute Gasteiger partial charge is 0.407 e. The van der Waals surface area contributed by atoms with Crippen LogP contribution in [-0.4, -0.2) is 156 Å². The number of nitrogens with two attached hydrogens (primary N) is 1. The van der Waals surface area contributed by atoms with Crippen LogP contribution in [0.5, 0.6) is 0 Å². The number of hydrogen-bond donors (Lipinski definition) is 7. The number of primary amides is 1. The first-order valence-corrected chi connectivity index (χ1v) is 31.5. The summed E-state index contributed by atoms with van der Waals surface area (Å²) < 4.78 is 30.0. The predicted octanol–water partition coefficient (Wildman–Crippen LogP) is 6.18. The van der Waals surface area contributed by atoms with Gasteiger partial charge < -0.3 is 50.7 Å². The fourth-order valence-corrected chi connectivity index (χ4v) is 11.8. The number of unbranched alkanes of at least 4 members (excludes halogenated alkanes) is 2. The summed E-state index contributed by atoms with van der Waals surface area (Å²) in [5.41, 5.74) is 4.35. The number of alkyl carbamates (subject to hydrolysis) is 2. The van der Waals surface area contributed by atoms with Crippen LogP contribution >= 0.6 is 0 Å². The number of nitrogens with zero attached hydrogens (tertiary/aromatic N) is 3. The van der Waals surface area contributed by atoms with E-state index in [4.69, 9.17) is 29.4 Å². The van der Waals surface area contributed by atoms with Gasteiger partial charge in [-0.3, -0.25) is 39.4 Å². The lowest BCUT2D eigenvalue weighted by Crippen LogP contribution is -2.63. The Balaban J connectivity index is 0.985. The van der Waals surface area contributed by atoms with Crippen molar-refractivity contribution in [2.75, 3.05) is 59.3 Å². The molecule has 9 atom stereocenters. The van der Waals surface area contributed by atoms with Crippen molar-refractivity contribution in [3.63, 3.8) is 0 Å². The molecule has 8 N–H and O–H groups in total. The molecule has 85 heavy (non-hydrogen) atoms. The number of nitrogens with one attached hydrogen (secondary N) is 6. The van der Waals surface area contributed by atoms with Crippen LogP contribution < -0.4 is 37.6 Å². The third kappa shape index (κ3) is 23.3. The second-order valence-electron chi connectivity index (χ2n) is 26.1. The number of rotatable bonds is 39. The van der Waals surface area contributed by atoms with Crippen LogP contribution in [0.4, 0.5) is 9.59 Å². The summed E-state index contributed by atoms with van der Waals surface area (Å²) in [5.74, 6) is -0.0350. The molecule has 0 spiro atoms. The Morgan fingerprint density at radius 2 is 1.47 bits per heavy atom. The van der Waals surface area contributed by atoms with Gasteiger partial charge in [0, 0.05) is 44.7 Å². The van der Waals surface area contributed by atoms with Crippen LogP contribution in [-0.2, 0) is 65.3 Å². The molecule has 4 aliphatic carbocycles. The first-order valence-electron chi connectivity index (χ1n) is 31.5. The van der Waals surface area contributed by atoms with Crippen molar-refractivity contribution >= 4 is 47.4 Å². The van der Waals surface area contributed by atoms with Crippen molar-refractivity contribution in [3.8, 4) is 0 Å². The molecule has 1 aromatic rings. The van der Waals surface area contributed by atoms with Gasteiger partial charge in [-0.15, -0.1) is 5.10 Å². The zero-order valence-corrected chi connectivity index (χ0v) is 52.6. The fourth-order valence-electron chi connectivity index (χ4n) is 11.8. The Hall–Kier alpha value is -5.52. The molecule has 0 radical (unpaired) electrons. The van der Waals surface area contributed by atoms with Crippen LogP contribution in [0, 0.1) is 29.6 Å². The number of aryl methyl sites for hydroxylation is 1. The highest BCUT2D eigenvalue weighted by Gasteiger charge is 2.51. The average molecular weight is 1200 g/mol. The summed E-state index contributed by atoms with van der Waals surface area (Å²) in [5, 5.41) is 26.3. The second-order valence-corrected chi connectivity index (χ2v) is 26.1. The highest BCUT2D eigenvalue weighted by molar-refractivity contribution is 5.93. The first-order chi connectivity index (χ1) is 40.3. The quantitative estimate of drug-likeness (QED) is 0.0167. The normalized spacial score (nSPS) is 21.5. The molecule has 5 rings (SSSR count). The molecule has 480 valence electrons. The van der Waals surface area contributed by atoms with Gasteiger partial charge in [0.25, 0.3) is 0 Å². The third-order valence-corrected chi connectivity index (χ3v) is 17.9. The Labute approximate surface area is 504 Å². The number of aromatic nitrogens is 3. The van der Waals surface area contributed by atoms with E-state index in [0.717, 1.165) is 50.4 Å². The Kier molecular flexibility index (Phi) is 27.7. The fraction of sp³-hybridized carbons (Fsp3) is 0.806. The summed E-state index contributed by atoms with van der Waals surface area (Å²) in [7, 11) is 0. The molecule has 1 heterocycles. The molecule has 0 saturated heterocycles. The van der Waals surface area contributed by atoms with Crippen LogP contribution in [0.3, 0.4) is 0 Å². The minimum atomic E-state index is -1.34. The van der Waals surface area contributed by atoms with Crippen molar-refractivity contribution in [2.45, 2.75) is 231 Å². The molecule has 3 saturated carbocycles. The van der Waals surface area contributed by atoms with Crippen LogP contribution in [0.2, 0.25) is 0 Å². The van der Waals surface area contributed by atoms with Gasteiger partial charge >= 0.3 is 18.2 Å². The van der Waals surface area contributed by atoms with E-state index in [1.807, 2.05) is 41.5 Å². The number of carbonyl (C=O) groups excluding carboxylic acids is 8.